The van der Waals surface area contributed by atoms with Crippen molar-refractivity contribution in [3.8, 4) is 16.9 Å². The molecule has 1 N–H and O–H groups in total. The molecule has 0 aromatic heterocycles. The molecule has 0 fully saturated rings. The Morgan fingerprint density at radius 1 is 0.842 bits per heavy atom. The molecule has 0 aliphatic carbocycles. The first-order chi connectivity index (χ1) is 9.21. The Kier molecular flexibility index (Phi) is 4.26. The lowest BCUT2D eigenvalue weighted by molar-refractivity contribution is 0.468. The summed E-state index contributed by atoms with van der Waals surface area (Å²) in [5.41, 5.74) is 6.22. The van der Waals surface area contributed by atoms with Crippen LogP contribution < -0.4 is 0 Å². The van der Waals surface area contributed by atoms with Crippen LogP contribution in [-0.2, 0) is 19.3 Å². The monoisotopic (exact) mass is 254 g/mol. The lowest BCUT2D eigenvalue weighted by atomic mass is 9.91. The van der Waals surface area contributed by atoms with Crippen molar-refractivity contribution in [2.24, 2.45) is 0 Å². The maximum atomic E-state index is 9.99. The van der Waals surface area contributed by atoms with Crippen molar-refractivity contribution in [1.29, 1.82) is 0 Å². The van der Waals surface area contributed by atoms with Crippen LogP contribution >= 0.6 is 0 Å². The van der Waals surface area contributed by atoms with Gasteiger partial charge in [-0.2, -0.15) is 0 Å². The molecule has 2 aromatic carbocycles. The predicted octanol–water partition coefficient (Wildman–Crippen LogP) is 4.75. The summed E-state index contributed by atoms with van der Waals surface area (Å²) in [7, 11) is 0. The quantitative estimate of drug-likeness (QED) is 0.835. The van der Waals surface area contributed by atoms with Gasteiger partial charge in [-0.05, 0) is 53.1 Å². The third-order valence-corrected chi connectivity index (χ3v) is 3.76. The Hall–Kier alpha value is -1.76. The van der Waals surface area contributed by atoms with Crippen molar-refractivity contribution in [3.63, 3.8) is 0 Å². The van der Waals surface area contributed by atoms with Crippen LogP contribution in [0.4, 0.5) is 0 Å². The zero-order valence-corrected chi connectivity index (χ0v) is 12.0. The smallest absolute Gasteiger partial charge is 0.119 e. The fourth-order valence-electron chi connectivity index (χ4n) is 2.71. The topological polar surface area (TPSA) is 20.2 Å². The normalized spacial score (nSPS) is 10.7. The van der Waals surface area contributed by atoms with Crippen LogP contribution in [0.3, 0.4) is 0 Å². The fourth-order valence-corrected chi connectivity index (χ4v) is 2.71. The number of hydrogen-bond donors (Lipinski definition) is 1. The van der Waals surface area contributed by atoms with E-state index in [-0.39, 0.29) is 0 Å². The van der Waals surface area contributed by atoms with Gasteiger partial charge in [0.2, 0.25) is 0 Å². The number of phenols is 1. The molecular weight excluding hydrogens is 232 g/mol. The van der Waals surface area contributed by atoms with Gasteiger partial charge in [-0.1, -0.05) is 51.1 Å². The van der Waals surface area contributed by atoms with Crippen molar-refractivity contribution in [3.05, 3.63) is 53.1 Å². The van der Waals surface area contributed by atoms with Crippen molar-refractivity contribution in [2.45, 2.75) is 40.0 Å². The molecule has 0 radical (unpaired) electrons. The summed E-state index contributed by atoms with van der Waals surface area (Å²) < 4.78 is 0. The molecule has 0 atom stereocenters. The third-order valence-electron chi connectivity index (χ3n) is 3.76. The lowest BCUT2D eigenvalue weighted by Crippen LogP contribution is -1.96. The van der Waals surface area contributed by atoms with Crippen LogP contribution in [-0.4, -0.2) is 5.11 Å². The zero-order chi connectivity index (χ0) is 13.8. The van der Waals surface area contributed by atoms with E-state index in [4.69, 9.17) is 0 Å². The Morgan fingerprint density at radius 2 is 1.58 bits per heavy atom. The summed E-state index contributed by atoms with van der Waals surface area (Å²) in [5.74, 6) is 0.426. The van der Waals surface area contributed by atoms with Crippen LogP contribution in [0.15, 0.2) is 36.4 Å². The molecule has 2 aromatic rings. The first-order valence-corrected chi connectivity index (χ1v) is 7.14. The summed E-state index contributed by atoms with van der Waals surface area (Å²) >= 11 is 0. The number of aryl methyl sites for hydroxylation is 1. The number of rotatable bonds is 4. The highest BCUT2D eigenvalue weighted by atomic mass is 16.3. The zero-order valence-electron chi connectivity index (χ0n) is 12.0. The molecule has 1 heteroatoms. The molecule has 0 spiro atoms. The first kappa shape index (κ1) is 13.7. The van der Waals surface area contributed by atoms with Gasteiger partial charge in [0, 0.05) is 0 Å². The minimum atomic E-state index is 0.426. The molecule has 1 nitrogen and oxygen atoms in total. The maximum absolute atomic E-state index is 9.99. The summed E-state index contributed by atoms with van der Waals surface area (Å²) in [6, 6.07) is 12.6. The van der Waals surface area contributed by atoms with Crippen LogP contribution in [0.1, 0.15) is 37.5 Å². The summed E-state index contributed by atoms with van der Waals surface area (Å²) in [6.45, 7) is 6.43. The molecule has 0 aliphatic heterocycles. The molecule has 0 saturated heterocycles. The molecule has 0 saturated carbocycles. The number of benzene rings is 2. The SMILES string of the molecule is CCc1cccc(-c2ccc(O)c(CC)c2CC)c1. The van der Waals surface area contributed by atoms with E-state index >= 15 is 0 Å². The lowest BCUT2D eigenvalue weighted by Gasteiger charge is -2.15. The van der Waals surface area contributed by atoms with E-state index in [9.17, 15) is 5.11 Å². The molecule has 0 amide bonds. The minimum Gasteiger partial charge on any atom is -0.508 e. The molecule has 19 heavy (non-hydrogen) atoms. The second-order valence-electron chi connectivity index (χ2n) is 4.85. The maximum Gasteiger partial charge on any atom is 0.119 e. The largest absolute Gasteiger partial charge is 0.508 e. The standard InChI is InChI=1S/C18H22O/c1-4-13-8-7-9-14(12-13)17-10-11-18(19)16(6-3)15(17)5-2/h7-12,19H,4-6H2,1-3H3. The van der Waals surface area contributed by atoms with Crippen molar-refractivity contribution in [1.82, 2.24) is 0 Å². The van der Waals surface area contributed by atoms with Crippen LogP contribution in [0.25, 0.3) is 11.1 Å². The fraction of sp³-hybridized carbons (Fsp3) is 0.333. The van der Waals surface area contributed by atoms with Gasteiger partial charge >= 0.3 is 0 Å². The molecule has 0 heterocycles. The second kappa shape index (κ2) is 5.92. The molecule has 2 rings (SSSR count). The number of phenolic OH excluding ortho intramolecular Hbond substituents is 1. The summed E-state index contributed by atoms with van der Waals surface area (Å²) in [5, 5.41) is 9.99. The van der Waals surface area contributed by atoms with Crippen LogP contribution in [0.5, 0.6) is 5.75 Å². The summed E-state index contributed by atoms with van der Waals surface area (Å²) in [6.07, 6.45) is 2.87. The Morgan fingerprint density at radius 3 is 2.21 bits per heavy atom. The van der Waals surface area contributed by atoms with Crippen LogP contribution in [0, 0.1) is 0 Å². The van der Waals surface area contributed by atoms with Gasteiger partial charge in [-0.3, -0.25) is 0 Å². The molecular formula is C18H22O. The van der Waals surface area contributed by atoms with E-state index in [1.807, 2.05) is 12.1 Å². The molecule has 0 bridgehead atoms. The van der Waals surface area contributed by atoms with Crippen molar-refractivity contribution >= 4 is 0 Å². The van der Waals surface area contributed by atoms with Gasteiger partial charge < -0.3 is 5.11 Å². The van der Waals surface area contributed by atoms with Gasteiger partial charge in [0.05, 0.1) is 0 Å². The van der Waals surface area contributed by atoms with Crippen molar-refractivity contribution < 1.29 is 5.11 Å². The van der Waals surface area contributed by atoms with Crippen molar-refractivity contribution in [2.75, 3.05) is 0 Å². The first-order valence-electron chi connectivity index (χ1n) is 7.14. The molecule has 0 unspecified atom stereocenters. The van der Waals surface area contributed by atoms with E-state index in [1.54, 1.807) is 0 Å². The van der Waals surface area contributed by atoms with Gasteiger partial charge in [-0.15, -0.1) is 0 Å². The number of aromatic hydroxyl groups is 1. The molecule has 0 aliphatic rings. The highest BCUT2D eigenvalue weighted by Crippen LogP contribution is 2.32. The van der Waals surface area contributed by atoms with E-state index < -0.39 is 0 Å². The molecule has 100 valence electrons. The minimum absolute atomic E-state index is 0.426. The Bertz CT molecular complexity index is 570. The predicted molar refractivity (Wildman–Crippen MR) is 81.7 cm³/mol. The highest BCUT2D eigenvalue weighted by molar-refractivity contribution is 5.71. The summed E-state index contributed by atoms with van der Waals surface area (Å²) in [4.78, 5) is 0. The van der Waals surface area contributed by atoms with Crippen LogP contribution in [0.2, 0.25) is 0 Å². The van der Waals surface area contributed by atoms with Gasteiger partial charge in [0.1, 0.15) is 5.75 Å². The Labute approximate surface area is 115 Å². The van der Waals surface area contributed by atoms with E-state index in [0.29, 0.717) is 5.75 Å². The van der Waals surface area contributed by atoms with Gasteiger partial charge in [-0.25, -0.2) is 0 Å². The second-order valence-corrected chi connectivity index (χ2v) is 4.85. The average molecular weight is 254 g/mol. The van der Waals surface area contributed by atoms with Gasteiger partial charge in [0.25, 0.3) is 0 Å². The Balaban J connectivity index is 2.61. The van der Waals surface area contributed by atoms with E-state index in [1.165, 1.54) is 22.3 Å². The van der Waals surface area contributed by atoms with E-state index in [2.05, 4.69) is 45.0 Å². The number of hydrogen-bond acceptors (Lipinski definition) is 1. The van der Waals surface area contributed by atoms with Gasteiger partial charge in [0.15, 0.2) is 0 Å². The highest BCUT2D eigenvalue weighted by Gasteiger charge is 2.11. The van der Waals surface area contributed by atoms with E-state index in [0.717, 1.165) is 24.8 Å². The third kappa shape index (κ3) is 2.65. The average Bonchev–Trinajstić information content (AvgIpc) is 2.46.